The third kappa shape index (κ3) is 5.89. The molecule has 0 saturated carbocycles. The smallest absolute Gasteiger partial charge is 0.416 e. The van der Waals surface area contributed by atoms with Crippen molar-refractivity contribution in [2.75, 3.05) is 11.5 Å². The summed E-state index contributed by atoms with van der Waals surface area (Å²) in [5.41, 5.74) is -2.63. The number of nitro groups is 1. The van der Waals surface area contributed by atoms with Crippen LogP contribution in [0.1, 0.15) is 18.1 Å². The number of amides is 4. The van der Waals surface area contributed by atoms with Gasteiger partial charge in [0.1, 0.15) is 17.1 Å². The van der Waals surface area contributed by atoms with Crippen LogP contribution in [0.2, 0.25) is 5.02 Å². The second kappa shape index (κ2) is 11.1. The zero-order chi connectivity index (χ0) is 29.2. The van der Waals surface area contributed by atoms with Gasteiger partial charge in [0.15, 0.2) is 0 Å². The Morgan fingerprint density at radius 1 is 1.02 bits per heavy atom. The highest BCUT2D eigenvalue weighted by atomic mass is 35.5. The van der Waals surface area contributed by atoms with Gasteiger partial charge in [-0.05, 0) is 67.6 Å². The van der Waals surface area contributed by atoms with Crippen LogP contribution in [0.3, 0.4) is 0 Å². The van der Waals surface area contributed by atoms with Gasteiger partial charge in [0.05, 0.1) is 22.8 Å². The third-order valence-electron chi connectivity index (χ3n) is 5.48. The lowest BCUT2D eigenvalue weighted by Crippen LogP contribution is -2.54. The molecule has 1 saturated heterocycles. The minimum Gasteiger partial charge on any atom is -0.494 e. The fourth-order valence-corrected chi connectivity index (χ4v) is 3.85. The number of alkyl halides is 3. The number of ether oxygens (including phenoxy) is 2. The highest BCUT2D eigenvalue weighted by Gasteiger charge is 2.37. The molecule has 40 heavy (non-hydrogen) atoms. The number of nitrogens with zero attached hydrogens (tertiary/aromatic N) is 2. The average Bonchev–Trinajstić information content (AvgIpc) is 2.88. The zero-order valence-electron chi connectivity index (χ0n) is 20.3. The van der Waals surface area contributed by atoms with Crippen LogP contribution in [-0.2, 0) is 15.8 Å². The Kier molecular flexibility index (Phi) is 7.77. The SMILES string of the molecule is CCOc1ccc(N2C(=O)NC(=O)/C(=C\c3cc(Cl)ccc3Oc3ccc(C(F)(F)F)cc3[N+](=O)[O-])C2=O)cc1. The molecule has 1 fully saturated rings. The summed E-state index contributed by atoms with van der Waals surface area (Å²) in [7, 11) is 0. The molecule has 0 atom stereocenters. The number of hydrogen-bond acceptors (Lipinski definition) is 7. The second-order valence-corrected chi connectivity index (χ2v) is 8.54. The number of halogens is 4. The molecule has 0 bridgehead atoms. The van der Waals surface area contributed by atoms with Crippen LogP contribution >= 0.6 is 11.6 Å². The van der Waals surface area contributed by atoms with Gasteiger partial charge in [-0.25, -0.2) is 9.69 Å². The summed E-state index contributed by atoms with van der Waals surface area (Å²) < 4.78 is 50.1. The quantitative estimate of drug-likeness (QED) is 0.155. The first-order valence-corrected chi connectivity index (χ1v) is 11.7. The van der Waals surface area contributed by atoms with Gasteiger partial charge >= 0.3 is 17.9 Å². The fourth-order valence-electron chi connectivity index (χ4n) is 3.67. The van der Waals surface area contributed by atoms with Crippen molar-refractivity contribution in [3.8, 4) is 17.2 Å². The van der Waals surface area contributed by atoms with Crippen molar-refractivity contribution in [3.05, 3.63) is 92.5 Å². The van der Waals surface area contributed by atoms with E-state index in [1.165, 1.54) is 42.5 Å². The fraction of sp³-hybridized carbons (Fsp3) is 0.115. The van der Waals surface area contributed by atoms with E-state index in [-0.39, 0.29) is 22.0 Å². The largest absolute Gasteiger partial charge is 0.494 e. The van der Waals surface area contributed by atoms with Crippen LogP contribution in [0.15, 0.2) is 66.2 Å². The Hall–Kier alpha value is -4.91. The van der Waals surface area contributed by atoms with Crippen LogP contribution in [0, 0.1) is 10.1 Å². The maximum atomic E-state index is 13.3. The highest BCUT2D eigenvalue weighted by molar-refractivity contribution is 6.39. The van der Waals surface area contributed by atoms with Crippen molar-refractivity contribution in [1.82, 2.24) is 5.32 Å². The first-order valence-electron chi connectivity index (χ1n) is 11.4. The maximum Gasteiger partial charge on any atom is 0.416 e. The molecular weight excluding hydrogens is 559 g/mol. The molecule has 4 amide bonds. The van der Waals surface area contributed by atoms with E-state index in [9.17, 15) is 37.7 Å². The molecule has 3 aromatic rings. The molecule has 0 aromatic heterocycles. The molecule has 3 aromatic carbocycles. The number of hydrogen-bond donors (Lipinski definition) is 1. The van der Waals surface area contributed by atoms with E-state index in [0.29, 0.717) is 24.5 Å². The average molecular weight is 576 g/mol. The molecule has 10 nitrogen and oxygen atoms in total. The van der Waals surface area contributed by atoms with Crippen molar-refractivity contribution in [2.24, 2.45) is 0 Å². The number of rotatable bonds is 7. The number of barbiturate groups is 1. The Morgan fingerprint density at radius 2 is 1.70 bits per heavy atom. The second-order valence-electron chi connectivity index (χ2n) is 8.11. The topological polar surface area (TPSA) is 128 Å². The molecule has 1 heterocycles. The Bertz CT molecular complexity index is 1560. The number of carbonyl (C=O) groups excluding carboxylic acids is 3. The van der Waals surface area contributed by atoms with Gasteiger partial charge in [-0.1, -0.05) is 11.6 Å². The van der Waals surface area contributed by atoms with Crippen molar-refractivity contribution < 1.29 is 42.0 Å². The molecule has 4 rings (SSSR count). The molecule has 1 aliphatic rings. The van der Waals surface area contributed by atoms with E-state index in [2.05, 4.69) is 5.32 Å². The van der Waals surface area contributed by atoms with Crippen LogP contribution in [0.5, 0.6) is 17.2 Å². The predicted octanol–water partition coefficient (Wildman–Crippen LogP) is 6.12. The summed E-state index contributed by atoms with van der Waals surface area (Å²) in [6.07, 6.45) is -3.79. The van der Waals surface area contributed by atoms with E-state index in [0.717, 1.165) is 17.0 Å². The van der Waals surface area contributed by atoms with E-state index in [1.807, 2.05) is 0 Å². The lowest BCUT2D eigenvalue weighted by molar-refractivity contribution is -0.385. The van der Waals surface area contributed by atoms with E-state index in [4.69, 9.17) is 21.1 Å². The summed E-state index contributed by atoms with van der Waals surface area (Å²) in [5, 5.41) is 13.6. The molecule has 0 aliphatic carbocycles. The summed E-state index contributed by atoms with van der Waals surface area (Å²) in [6, 6.07) is 10.5. The molecule has 206 valence electrons. The molecule has 0 radical (unpaired) electrons. The number of imide groups is 2. The molecular formula is C26H17ClF3N3O7. The van der Waals surface area contributed by atoms with Crippen LogP contribution in [-0.4, -0.2) is 29.4 Å². The van der Waals surface area contributed by atoms with E-state index < -0.39 is 51.5 Å². The Labute approximate surface area is 228 Å². The van der Waals surface area contributed by atoms with Crippen LogP contribution < -0.4 is 19.7 Å². The number of benzene rings is 3. The molecule has 0 unspecified atom stereocenters. The van der Waals surface area contributed by atoms with Crippen molar-refractivity contribution in [2.45, 2.75) is 13.1 Å². The van der Waals surface area contributed by atoms with Crippen molar-refractivity contribution >= 4 is 46.9 Å². The standard InChI is InChI=1S/C26H17ClF3N3O7/c1-2-39-18-7-5-17(6-8-18)32-24(35)19(23(34)31-25(32)36)12-14-11-16(27)4-10-21(14)40-22-9-3-15(26(28,29)30)13-20(22)33(37)38/h3-13H,2H2,1H3,(H,31,34,36)/b19-12+. The van der Waals surface area contributed by atoms with Crippen molar-refractivity contribution in [3.63, 3.8) is 0 Å². The predicted molar refractivity (Wildman–Crippen MR) is 136 cm³/mol. The Balaban J connectivity index is 1.73. The minimum atomic E-state index is -4.83. The lowest BCUT2D eigenvalue weighted by Gasteiger charge is -2.26. The summed E-state index contributed by atoms with van der Waals surface area (Å²) >= 11 is 6.07. The van der Waals surface area contributed by atoms with Gasteiger partial charge < -0.3 is 9.47 Å². The number of anilines is 1. The molecule has 0 spiro atoms. The Morgan fingerprint density at radius 3 is 2.33 bits per heavy atom. The molecule has 14 heteroatoms. The summed E-state index contributed by atoms with van der Waals surface area (Å²) in [5.74, 6) is -2.26. The van der Waals surface area contributed by atoms with Crippen molar-refractivity contribution in [1.29, 1.82) is 0 Å². The first-order chi connectivity index (χ1) is 18.9. The number of nitrogens with one attached hydrogen (secondary N) is 1. The number of urea groups is 1. The van der Waals surface area contributed by atoms with Gasteiger partial charge in [0.2, 0.25) is 5.75 Å². The van der Waals surface area contributed by atoms with Crippen LogP contribution in [0.25, 0.3) is 6.08 Å². The monoisotopic (exact) mass is 575 g/mol. The normalized spacial score (nSPS) is 14.8. The number of nitro benzene ring substituents is 1. The zero-order valence-corrected chi connectivity index (χ0v) is 21.1. The van der Waals surface area contributed by atoms with E-state index in [1.54, 1.807) is 6.92 Å². The molecule has 1 aliphatic heterocycles. The lowest BCUT2D eigenvalue weighted by atomic mass is 10.1. The van der Waals surface area contributed by atoms with Gasteiger partial charge in [0.25, 0.3) is 11.8 Å². The summed E-state index contributed by atoms with van der Waals surface area (Å²) in [4.78, 5) is 49.6. The molecule has 1 N–H and O–H groups in total. The maximum absolute atomic E-state index is 13.3. The van der Waals surface area contributed by atoms with Crippen LogP contribution in [0.4, 0.5) is 29.3 Å². The minimum absolute atomic E-state index is 0.0267. The summed E-state index contributed by atoms with van der Waals surface area (Å²) in [6.45, 7) is 2.17. The van der Waals surface area contributed by atoms with Gasteiger partial charge in [-0.15, -0.1) is 0 Å². The van der Waals surface area contributed by atoms with Gasteiger partial charge in [0, 0.05) is 16.7 Å². The van der Waals surface area contributed by atoms with Gasteiger partial charge in [-0.2, -0.15) is 13.2 Å². The third-order valence-corrected chi connectivity index (χ3v) is 5.72. The highest BCUT2D eigenvalue weighted by Crippen LogP contribution is 2.39. The van der Waals surface area contributed by atoms with E-state index >= 15 is 0 Å². The first kappa shape index (κ1) is 28.1. The van der Waals surface area contributed by atoms with Gasteiger partial charge in [-0.3, -0.25) is 25.0 Å². The number of carbonyl (C=O) groups is 3.